The summed E-state index contributed by atoms with van der Waals surface area (Å²) in [7, 11) is 0. The monoisotopic (exact) mass is 440 g/mol. The van der Waals surface area contributed by atoms with E-state index in [1.54, 1.807) is 19.9 Å². The summed E-state index contributed by atoms with van der Waals surface area (Å²) < 4.78 is 56.9. The highest BCUT2D eigenvalue weighted by molar-refractivity contribution is 5.42. The van der Waals surface area contributed by atoms with Crippen LogP contribution in [-0.4, -0.2) is 20.5 Å². The van der Waals surface area contributed by atoms with Crippen molar-refractivity contribution >= 4 is 5.95 Å². The number of nitrogens with one attached hydrogen (secondary N) is 1. The van der Waals surface area contributed by atoms with Gasteiger partial charge in [0.05, 0.1) is 6.54 Å². The maximum absolute atomic E-state index is 13.2. The van der Waals surface area contributed by atoms with Crippen molar-refractivity contribution in [1.29, 1.82) is 0 Å². The van der Waals surface area contributed by atoms with Gasteiger partial charge in [-0.25, -0.2) is 18.5 Å². The molecule has 11 heteroatoms. The molecular formula is C20H20F4N4O3. The fourth-order valence-electron chi connectivity index (χ4n) is 3.08. The number of alkyl halides is 3. The summed E-state index contributed by atoms with van der Waals surface area (Å²) in [6, 6.07) is 4.94. The topological polar surface area (TPSA) is 78.2 Å². The van der Waals surface area contributed by atoms with E-state index >= 15 is 0 Å². The Morgan fingerprint density at radius 3 is 2.48 bits per heavy atom. The van der Waals surface area contributed by atoms with Crippen LogP contribution in [0.25, 0.3) is 0 Å². The van der Waals surface area contributed by atoms with E-state index in [4.69, 9.17) is 0 Å². The normalized spacial score (nSPS) is 14.3. The number of rotatable bonds is 6. The maximum atomic E-state index is 13.2. The van der Waals surface area contributed by atoms with Crippen molar-refractivity contribution in [3.05, 3.63) is 80.2 Å². The first-order valence-electron chi connectivity index (χ1n) is 9.45. The smallest absolute Gasteiger partial charge is 0.410 e. The van der Waals surface area contributed by atoms with E-state index in [0.717, 1.165) is 10.6 Å². The Hall–Kier alpha value is -3.37. The molecule has 7 nitrogen and oxygen atoms in total. The van der Waals surface area contributed by atoms with Crippen LogP contribution in [0, 0.1) is 5.82 Å². The van der Waals surface area contributed by atoms with E-state index in [9.17, 15) is 27.2 Å². The third-order valence-corrected chi connectivity index (χ3v) is 4.45. The standard InChI is InChI=1S/C20H20F4N4O3/c1-12(2)28-18(29)26-17(25-15-4-3-5-16(10-15)31-20(22,23)24)27(19(28)30)11-13-6-8-14(21)9-7-13/h4,6-10,12H,3,5,11H2,1-2H3,(H,25,26,29). The lowest BCUT2D eigenvalue weighted by Crippen LogP contribution is -2.43. The molecule has 3 rings (SSSR count). The van der Waals surface area contributed by atoms with Crippen LogP contribution in [0.2, 0.25) is 0 Å². The van der Waals surface area contributed by atoms with Crippen molar-refractivity contribution in [2.24, 2.45) is 0 Å². The lowest BCUT2D eigenvalue weighted by atomic mass is 10.1. The molecule has 0 amide bonds. The Balaban J connectivity index is 2.01. The minimum absolute atomic E-state index is 0.0374. The highest BCUT2D eigenvalue weighted by atomic mass is 19.4. The fraction of sp³-hybridized carbons (Fsp3) is 0.350. The second-order valence-electron chi connectivity index (χ2n) is 7.16. The SMILES string of the molecule is CC(C)n1c(=O)nc(NC2=CCCC(OC(F)(F)F)=C2)n(Cc2ccc(F)cc2)c1=O. The summed E-state index contributed by atoms with van der Waals surface area (Å²) in [4.78, 5) is 29.3. The molecule has 1 aliphatic carbocycles. The van der Waals surface area contributed by atoms with E-state index in [1.165, 1.54) is 28.8 Å². The van der Waals surface area contributed by atoms with E-state index in [0.29, 0.717) is 5.56 Å². The molecule has 1 heterocycles. The van der Waals surface area contributed by atoms with E-state index in [-0.39, 0.29) is 36.8 Å². The van der Waals surface area contributed by atoms with Crippen molar-refractivity contribution < 1.29 is 22.3 Å². The van der Waals surface area contributed by atoms with Gasteiger partial charge in [-0.3, -0.25) is 4.57 Å². The van der Waals surface area contributed by atoms with Crippen molar-refractivity contribution in [2.45, 2.75) is 45.6 Å². The van der Waals surface area contributed by atoms with Gasteiger partial charge in [-0.05, 0) is 44.0 Å². The van der Waals surface area contributed by atoms with Gasteiger partial charge in [-0.1, -0.05) is 18.2 Å². The molecule has 166 valence electrons. The molecule has 0 unspecified atom stereocenters. The van der Waals surface area contributed by atoms with Crippen molar-refractivity contribution in [3.63, 3.8) is 0 Å². The van der Waals surface area contributed by atoms with Gasteiger partial charge in [-0.15, -0.1) is 13.2 Å². The summed E-state index contributed by atoms with van der Waals surface area (Å²) >= 11 is 0. The molecule has 0 saturated heterocycles. The van der Waals surface area contributed by atoms with Crippen molar-refractivity contribution in [1.82, 2.24) is 14.1 Å². The van der Waals surface area contributed by atoms with Gasteiger partial charge in [0.1, 0.15) is 11.6 Å². The second-order valence-corrected chi connectivity index (χ2v) is 7.16. The first kappa shape index (κ1) is 22.3. The summed E-state index contributed by atoms with van der Waals surface area (Å²) in [6.07, 6.45) is -1.77. The minimum Gasteiger partial charge on any atom is -0.410 e. The quantitative estimate of drug-likeness (QED) is 0.694. The minimum atomic E-state index is -4.82. The molecular weight excluding hydrogens is 420 g/mol. The highest BCUT2D eigenvalue weighted by Gasteiger charge is 2.32. The summed E-state index contributed by atoms with van der Waals surface area (Å²) in [5.41, 5.74) is -0.692. The van der Waals surface area contributed by atoms with Crippen LogP contribution < -0.4 is 16.7 Å². The molecule has 31 heavy (non-hydrogen) atoms. The van der Waals surface area contributed by atoms with Crippen LogP contribution in [0.1, 0.15) is 38.3 Å². The first-order chi connectivity index (χ1) is 14.5. The molecule has 0 aliphatic heterocycles. The van der Waals surface area contributed by atoms with Gasteiger partial charge < -0.3 is 10.1 Å². The number of nitrogens with zero attached hydrogens (tertiary/aromatic N) is 3. The van der Waals surface area contributed by atoms with Crippen LogP contribution in [-0.2, 0) is 11.3 Å². The summed E-state index contributed by atoms with van der Waals surface area (Å²) in [5.74, 6) is -0.901. The number of ether oxygens (including phenoxy) is 1. The van der Waals surface area contributed by atoms with E-state index < -0.39 is 29.6 Å². The second kappa shape index (κ2) is 8.78. The molecule has 0 radical (unpaired) electrons. The van der Waals surface area contributed by atoms with Crippen molar-refractivity contribution in [2.75, 3.05) is 5.32 Å². The lowest BCUT2D eigenvalue weighted by molar-refractivity contribution is -0.306. The van der Waals surface area contributed by atoms with Gasteiger partial charge in [-0.2, -0.15) is 4.98 Å². The Labute approximate surface area is 174 Å². The van der Waals surface area contributed by atoms with E-state index in [1.807, 2.05) is 0 Å². The first-order valence-corrected chi connectivity index (χ1v) is 9.45. The van der Waals surface area contributed by atoms with Crippen LogP contribution in [0.15, 0.2) is 57.5 Å². The molecule has 1 aliphatic rings. The lowest BCUT2D eigenvalue weighted by Gasteiger charge is -2.20. The number of hydrogen-bond acceptors (Lipinski definition) is 5. The number of benzene rings is 1. The van der Waals surface area contributed by atoms with Gasteiger partial charge >= 0.3 is 17.7 Å². The third-order valence-electron chi connectivity index (χ3n) is 4.45. The molecule has 1 aromatic heterocycles. The summed E-state index contributed by atoms with van der Waals surface area (Å²) in [6.45, 7) is 3.25. The molecule has 1 aromatic carbocycles. The Bertz CT molecular complexity index is 1130. The molecule has 0 bridgehead atoms. The molecule has 0 fully saturated rings. The maximum Gasteiger partial charge on any atom is 0.572 e. The number of hydrogen-bond donors (Lipinski definition) is 1. The fourth-order valence-corrected chi connectivity index (χ4v) is 3.08. The predicted molar refractivity (Wildman–Crippen MR) is 105 cm³/mol. The zero-order valence-corrected chi connectivity index (χ0v) is 16.7. The highest BCUT2D eigenvalue weighted by Crippen LogP contribution is 2.27. The van der Waals surface area contributed by atoms with Gasteiger partial charge in [0, 0.05) is 18.2 Å². The zero-order valence-electron chi connectivity index (χ0n) is 16.7. The molecule has 1 N–H and O–H groups in total. The molecule has 2 aromatic rings. The average Bonchev–Trinajstić information content (AvgIpc) is 2.65. The van der Waals surface area contributed by atoms with Crippen LogP contribution in [0.5, 0.6) is 0 Å². The third kappa shape index (κ3) is 5.62. The molecule has 0 atom stereocenters. The Kier molecular flexibility index (Phi) is 6.32. The van der Waals surface area contributed by atoms with Gasteiger partial charge in [0.2, 0.25) is 5.95 Å². The Morgan fingerprint density at radius 1 is 1.19 bits per heavy atom. The zero-order chi connectivity index (χ0) is 22.8. The largest absolute Gasteiger partial charge is 0.572 e. The van der Waals surface area contributed by atoms with Crippen molar-refractivity contribution in [3.8, 4) is 0 Å². The van der Waals surface area contributed by atoms with Gasteiger partial charge in [0.25, 0.3) is 0 Å². The Morgan fingerprint density at radius 2 is 1.87 bits per heavy atom. The number of halogens is 4. The van der Waals surface area contributed by atoms with Crippen LogP contribution >= 0.6 is 0 Å². The van der Waals surface area contributed by atoms with E-state index in [2.05, 4.69) is 15.0 Å². The van der Waals surface area contributed by atoms with Crippen LogP contribution in [0.4, 0.5) is 23.5 Å². The molecule has 0 spiro atoms. The van der Waals surface area contributed by atoms with Crippen LogP contribution in [0.3, 0.4) is 0 Å². The number of anilines is 1. The molecule has 0 saturated carbocycles. The number of aromatic nitrogens is 3. The average molecular weight is 440 g/mol. The number of allylic oxidation sites excluding steroid dienone is 3. The van der Waals surface area contributed by atoms with Gasteiger partial charge in [0.15, 0.2) is 0 Å². The summed E-state index contributed by atoms with van der Waals surface area (Å²) in [5, 5.41) is 2.75. The predicted octanol–water partition coefficient (Wildman–Crippen LogP) is 3.68.